The molecule has 2 aliphatic rings. The second-order valence-corrected chi connectivity index (χ2v) is 10.2. The highest BCUT2D eigenvalue weighted by Gasteiger charge is 2.28. The number of hydrogen-bond acceptors (Lipinski definition) is 5. The lowest BCUT2D eigenvalue weighted by Gasteiger charge is -2.35. The Bertz CT molecular complexity index is 581. The van der Waals surface area contributed by atoms with E-state index in [0.29, 0.717) is 45.4 Å². The highest BCUT2D eigenvalue weighted by Crippen LogP contribution is 2.19. The molecule has 2 fully saturated rings. The number of rotatable bonds is 9. The average Bonchev–Trinajstić information content (AvgIpc) is 2.97. The lowest BCUT2D eigenvalue weighted by atomic mass is 10.1. The van der Waals surface area contributed by atoms with Gasteiger partial charge in [0, 0.05) is 39.8 Å². The summed E-state index contributed by atoms with van der Waals surface area (Å²) in [4.78, 5) is 6.47. The molecule has 0 unspecified atom stereocenters. The molecule has 1 saturated carbocycles. The molecule has 8 nitrogen and oxygen atoms in total. The summed E-state index contributed by atoms with van der Waals surface area (Å²) < 4.78 is 37.9. The molecule has 0 spiro atoms. The molecule has 0 bridgehead atoms. The topological polar surface area (TPSA) is 83.5 Å². The van der Waals surface area contributed by atoms with E-state index in [2.05, 4.69) is 15.2 Å². The van der Waals surface area contributed by atoms with Gasteiger partial charge in [0.15, 0.2) is 5.96 Å². The van der Waals surface area contributed by atoms with Crippen LogP contribution in [0.15, 0.2) is 4.99 Å². The van der Waals surface area contributed by atoms with Crippen molar-refractivity contribution < 1.29 is 17.9 Å². The van der Waals surface area contributed by atoms with E-state index < -0.39 is 10.0 Å². The Morgan fingerprint density at radius 1 is 1.07 bits per heavy atom. The maximum absolute atomic E-state index is 12.5. The summed E-state index contributed by atoms with van der Waals surface area (Å²) in [5.41, 5.74) is 0. The summed E-state index contributed by atoms with van der Waals surface area (Å²) in [6.07, 6.45) is 8.00. The minimum absolute atomic E-state index is 0.0384. The van der Waals surface area contributed by atoms with Crippen molar-refractivity contribution >= 4 is 16.0 Å². The molecule has 9 heteroatoms. The van der Waals surface area contributed by atoms with Crippen LogP contribution in [0.1, 0.15) is 52.4 Å². The zero-order valence-electron chi connectivity index (χ0n) is 18.4. The fraction of sp³-hybridized carbons (Fsp3) is 0.950. The van der Waals surface area contributed by atoms with Gasteiger partial charge in [0.25, 0.3) is 0 Å². The van der Waals surface area contributed by atoms with E-state index in [1.807, 2.05) is 13.8 Å². The van der Waals surface area contributed by atoms with E-state index in [0.717, 1.165) is 5.96 Å². The van der Waals surface area contributed by atoms with Crippen molar-refractivity contribution in [1.29, 1.82) is 0 Å². The van der Waals surface area contributed by atoms with Crippen LogP contribution in [0.4, 0.5) is 0 Å². The van der Waals surface area contributed by atoms with Gasteiger partial charge < -0.3 is 19.7 Å². The van der Waals surface area contributed by atoms with Gasteiger partial charge >= 0.3 is 0 Å². The normalized spacial score (nSPS) is 20.8. The Hall–Kier alpha value is -0.900. The number of sulfonamides is 1. The third-order valence-corrected chi connectivity index (χ3v) is 7.31. The van der Waals surface area contributed by atoms with Crippen LogP contribution in [0, 0.1) is 0 Å². The zero-order chi connectivity index (χ0) is 21.1. The molecule has 29 heavy (non-hydrogen) atoms. The smallest absolute Gasteiger partial charge is 0.216 e. The predicted octanol–water partition coefficient (Wildman–Crippen LogP) is 1.67. The summed E-state index contributed by atoms with van der Waals surface area (Å²) in [7, 11) is -1.51. The number of ether oxygens (including phenoxy) is 2. The van der Waals surface area contributed by atoms with Crippen LogP contribution in [0.2, 0.25) is 0 Å². The largest absolute Gasteiger partial charge is 0.378 e. The molecule has 1 saturated heterocycles. The van der Waals surface area contributed by atoms with E-state index >= 15 is 0 Å². The molecule has 0 radical (unpaired) electrons. The molecule has 170 valence electrons. The summed E-state index contributed by atoms with van der Waals surface area (Å²) in [5, 5.41) is 3.36. The molecule has 1 N–H and O–H groups in total. The molecular formula is C20H40N4O4S. The Morgan fingerprint density at radius 2 is 1.72 bits per heavy atom. The molecule has 0 amide bonds. The number of nitrogens with one attached hydrogen (secondary N) is 1. The number of piperazine rings is 1. The number of hydrogen-bond donors (Lipinski definition) is 1. The SMILES string of the molecule is CN=C(NCCOC1CCCCCC1)N1CCN(S(=O)(=O)CCOC(C)C)CC1. The molecule has 2 rings (SSSR count). The second kappa shape index (κ2) is 12.7. The van der Waals surface area contributed by atoms with Gasteiger partial charge in [-0.2, -0.15) is 4.31 Å². The van der Waals surface area contributed by atoms with Gasteiger partial charge in [-0.3, -0.25) is 4.99 Å². The van der Waals surface area contributed by atoms with Crippen LogP contribution < -0.4 is 5.32 Å². The fourth-order valence-electron chi connectivity index (χ4n) is 3.83. The first kappa shape index (κ1) is 24.4. The van der Waals surface area contributed by atoms with Gasteiger partial charge in [-0.15, -0.1) is 0 Å². The maximum atomic E-state index is 12.5. The van der Waals surface area contributed by atoms with Crippen LogP contribution in [-0.2, 0) is 19.5 Å². The van der Waals surface area contributed by atoms with Crippen molar-refractivity contribution in [3.63, 3.8) is 0 Å². The minimum atomic E-state index is -3.27. The highest BCUT2D eigenvalue weighted by molar-refractivity contribution is 7.89. The van der Waals surface area contributed by atoms with Gasteiger partial charge in [-0.1, -0.05) is 25.7 Å². The van der Waals surface area contributed by atoms with Crippen molar-refractivity contribution in [3.05, 3.63) is 0 Å². The van der Waals surface area contributed by atoms with Gasteiger partial charge in [0.05, 0.1) is 31.2 Å². The minimum Gasteiger partial charge on any atom is -0.378 e. The van der Waals surface area contributed by atoms with Crippen LogP contribution in [0.5, 0.6) is 0 Å². The second-order valence-electron chi connectivity index (χ2n) is 8.08. The van der Waals surface area contributed by atoms with E-state index in [1.165, 1.54) is 38.5 Å². The summed E-state index contributed by atoms with van der Waals surface area (Å²) in [6.45, 7) is 7.66. The van der Waals surface area contributed by atoms with Gasteiger partial charge in [-0.05, 0) is 26.7 Å². The molecular weight excluding hydrogens is 392 g/mol. The van der Waals surface area contributed by atoms with E-state index in [4.69, 9.17) is 9.47 Å². The van der Waals surface area contributed by atoms with Crippen LogP contribution in [0.3, 0.4) is 0 Å². The van der Waals surface area contributed by atoms with Gasteiger partial charge in [0.1, 0.15) is 0 Å². The third kappa shape index (κ3) is 8.78. The first-order valence-electron chi connectivity index (χ1n) is 11.1. The molecule has 0 aromatic carbocycles. The Morgan fingerprint density at radius 3 is 2.31 bits per heavy atom. The Balaban J connectivity index is 1.68. The van der Waals surface area contributed by atoms with Crippen molar-refractivity contribution in [2.24, 2.45) is 4.99 Å². The number of guanidine groups is 1. The summed E-state index contributed by atoms with van der Waals surface area (Å²) in [5.74, 6) is 0.853. The van der Waals surface area contributed by atoms with Crippen molar-refractivity contribution in [2.45, 2.75) is 64.6 Å². The van der Waals surface area contributed by atoms with Gasteiger partial charge in [-0.25, -0.2) is 8.42 Å². The highest BCUT2D eigenvalue weighted by atomic mass is 32.2. The molecule has 1 heterocycles. The van der Waals surface area contributed by atoms with Crippen molar-refractivity contribution in [2.75, 3.05) is 58.7 Å². The maximum Gasteiger partial charge on any atom is 0.216 e. The predicted molar refractivity (Wildman–Crippen MR) is 117 cm³/mol. The van der Waals surface area contributed by atoms with E-state index in [1.54, 1.807) is 11.4 Å². The summed E-state index contributed by atoms with van der Waals surface area (Å²) >= 11 is 0. The van der Waals surface area contributed by atoms with E-state index in [9.17, 15) is 8.42 Å². The standard InChI is InChI=1S/C20H40N4O4S/c1-18(2)27-16-17-29(25,26)24-13-11-23(12-14-24)20(21-3)22-10-15-28-19-8-6-4-5-7-9-19/h18-19H,4-17H2,1-3H3,(H,21,22). The molecule has 0 aromatic heterocycles. The fourth-order valence-corrected chi connectivity index (χ4v) is 5.11. The third-order valence-electron chi connectivity index (χ3n) is 5.48. The quantitative estimate of drug-likeness (QED) is 0.258. The lowest BCUT2D eigenvalue weighted by Crippen LogP contribution is -2.54. The van der Waals surface area contributed by atoms with Crippen LogP contribution in [0.25, 0.3) is 0 Å². The molecule has 1 aliphatic carbocycles. The van der Waals surface area contributed by atoms with Crippen molar-refractivity contribution in [1.82, 2.24) is 14.5 Å². The van der Waals surface area contributed by atoms with E-state index in [-0.39, 0.29) is 18.5 Å². The first-order valence-corrected chi connectivity index (χ1v) is 12.7. The Labute approximate surface area is 177 Å². The zero-order valence-corrected chi connectivity index (χ0v) is 19.3. The average molecular weight is 433 g/mol. The Kier molecular flexibility index (Phi) is 10.7. The molecule has 1 aliphatic heterocycles. The van der Waals surface area contributed by atoms with Crippen LogP contribution >= 0.6 is 0 Å². The van der Waals surface area contributed by atoms with Crippen molar-refractivity contribution in [3.8, 4) is 0 Å². The molecule has 0 atom stereocenters. The number of nitrogens with zero attached hydrogens (tertiary/aromatic N) is 3. The first-order chi connectivity index (χ1) is 13.9. The monoisotopic (exact) mass is 432 g/mol. The van der Waals surface area contributed by atoms with Crippen LogP contribution in [-0.4, -0.2) is 94.5 Å². The molecule has 0 aromatic rings. The summed E-state index contributed by atoms with van der Waals surface area (Å²) in [6, 6.07) is 0. The number of aliphatic imine (C=N–C) groups is 1. The van der Waals surface area contributed by atoms with Gasteiger partial charge in [0.2, 0.25) is 10.0 Å². The lowest BCUT2D eigenvalue weighted by molar-refractivity contribution is 0.0465.